The number of amides is 1. The van der Waals surface area contributed by atoms with Crippen LogP contribution < -0.4 is 0 Å². The molecule has 1 aliphatic carbocycles. The Labute approximate surface area is 159 Å². The van der Waals surface area contributed by atoms with Crippen molar-refractivity contribution in [2.45, 2.75) is 31.3 Å². The molecule has 1 atom stereocenters. The fraction of sp³-hybridized carbons (Fsp3) is 0.545. The molecular weight excluding hydrogens is 340 g/mol. The van der Waals surface area contributed by atoms with Gasteiger partial charge in [-0.1, -0.05) is 18.2 Å². The van der Waals surface area contributed by atoms with E-state index in [-0.39, 0.29) is 11.5 Å². The maximum Gasteiger partial charge on any atom is 0.254 e. The highest BCUT2D eigenvalue weighted by Gasteiger charge is 2.54. The SMILES string of the molecule is O=C(c1ccnc2ccccc12)N1CC2(C1)OCCC2CCOCC1CC1. The summed E-state index contributed by atoms with van der Waals surface area (Å²) in [6, 6.07) is 9.65. The maximum atomic E-state index is 13.0. The van der Waals surface area contributed by atoms with Gasteiger partial charge in [-0.25, -0.2) is 0 Å². The van der Waals surface area contributed by atoms with Gasteiger partial charge in [-0.15, -0.1) is 0 Å². The lowest BCUT2D eigenvalue weighted by Crippen LogP contribution is -2.66. The summed E-state index contributed by atoms with van der Waals surface area (Å²) in [7, 11) is 0. The zero-order valence-electron chi connectivity index (χ0n) is 15.6. The van der Waals surface area contributed by atoms with E-state index in [2.05, 4.69) is 4.98 Å². The van der Waals surface area contributed by atoms with Crippen molar-refractivity contribution in [1.82, 2.24) is 9.88 Å². The number of carbonyl (C=O) groups excluding carboxylic acids is 1. The van der Waals surface area contributed by atoms with Crippen molar-refractivity contribution in [3.05, 3.63) is 42.1 Å². The first-order valence-corrected chi connectivity index (χ1v) is 10.1. The standard InChI is InChI=1S/C22H26N2O3/c25-21(19-7-10-23-20-4-2-1-3-18(19)20)24-14-22(15-24)17(9-12-27-22)8-11-26-13-16-5-6-16/h1-4,7,10,16-17H,5-6,8-9,11-15H2. The Bertz CT molecular complexity index is 837. The zero-order valence-corrected chi connectivity index (χ0v) is 15.6. The molecule has 0 N–H and O–H groups in total. The molecule has 5 nitrogen and oxygen atoms in total. The summed E-state index contributed by atoms with van der Waals surface area (Å²) in [4.78, 5) is 19.3. The minimum Gasteiger partial charge on any atom is -0.381 e. The number of likely N-dealkylation sites (tertiary alicyclic amines) is 1. The number of aromatic nitrogens is 1. The molecule has 1 amide bonds. The second-order valence-corrected chi connectivity index (χ2v) is 8.24. The van der Waals surface area contributed by atoms with Crippen molar-refractivity contribution in [3.63, 3.8) is 0 Å². The molecule has 5 heteroatoms. The topological polar surface area (TPSA) is 51.7 Å². The molecule has 3 aliphatic rings. The Balaban J connectivity index is 1.22. The molecular formula is C22H26N2O3. The van der Waals surface area contributed by atoms with Crippen LogP contribution in [-0.2, 0) is 9.47 Å². The van der Waals surface area contributed by atoms with Crippen LogP contribution in [0.2, 0.25) is 0 Å². The van der Waals surface area contributed by atoms with Gasteiger partial charge in [0.05, 0.1) is 24.2 Å². The van der Waals surface area contributed by atoms with Gasteiger partial charge in [0.25, 0.3) is 5.91 Å². The van der Waals surface area contributed by atoms with Crippen molar-refractivity contribution >= 4 is 16.8 Å². The number of hydrogen-bond acceptors (Lipinski definition) is 4. The van der Waals surface area contributed by atoms with E-state index in [1.165, 1.54) is 12.8 Å². The van der Waals surface area contributed by atoms with Crippen LogP contribution in [0.15, 0.2) is 36.5 Å². The van der Waals surface area contributed by atoms with Gasteiger partial charge < -0.3 is 14.4 Å². The molecule has 1 unspecified atom stereocenters. The molecule has 142 valence electrons. The minimum atomic E-state index is -0.151. The Kier molecular flexibility index (Phi) is 4.37. The molecule has 3 fully saturated rings. The molecule has 2 saturated heterocycles. The molecule has 1 spiro atoms. The molecule has 3 heterocycles. The van der Waals surface area contributed by atoms with Crippen LogP contribution in [0.3, 0.4) is 0 Å². The lowest BCUT2D eigenvalue weighted by molar-refractivity contribution is -0.120. The average molecular weight is 366 g/mol. The predicted octanol–water partition coefficient (Wildman–Crippen LogP) is 3.28. The average Bonchev–Trinajstić information content (AvgIpc) is 3.40. The van der Waals surface area contributed by atoms with Crippen LogP contribution in [0, 0.1) is 11.8 Å². The van der Waals surface area contributed by atoms with Gasteiger partial charge in [-0.3, -0.25) is 9.78 Å². The van der Waals surface area contributed by atoms with Gasteiger partial charge in [-0.2, -0.15) is 0 Å². The number of para-hydroxylation sites is 1. The summed E-state index contributed by atoms with van der Waals surface area (Å²) in [5, 5.41) is 0.920. The fourth-order valence-corrected chi connectivity index (χ4v) is 4.50. The van der Waals surface area contributed by atoms with Crippen LogP contribution in [0.5, 0.6) is 0 Å². The molecule has 1 aromatic heterocycles. The highest BCUT2D eigenvalue weighted by Crippen LogP contribution is 2.42. The van der Waals surface area contributed by atoms with Crippen LogP contribution in [0.4, 0.5) is 0 Å². The van der Waals surface area contributed by atoms with E-state index in [0.29, 0.717) is 19.0 Å². The quantitative estimate of drug-likeness (QED) is 0.736. The maximum absolute atomic E-state index is 13.0. The summed E-state index contributed by atoms with van der Waals surface area (Å²) in [6.07, 6.45) is 6.49. The van der Waals surface area contributed by atoms with Crippen LogP contribution >= 0.6 is 0 Å². The molecule has 27 heavy (non-hydrogen) atoms. The minimum absolute atomic E-state index is 0.0819. The summed E-state index contributed by atoms with van der Waals surface area (Å²) >= 11 is 0. The first kappa shape index (κ1) is 17.1. The number of pyridine rings is 1. The normalized spacial score (nSPS) is 23.7. The van der Waals surface area contributed by atoms with Crippen molar-refractivity contribution in [2.75, 3.05) is 32.9 Å². The lowest BCUT2D eigenvalue weighted by atomic mass is 9.78. The number of ether oxygens (including phenoxy) is 2. The predicted molar refractivity (Wildman–Crippen MR) is 103 cm³/mol. The Morgan fingerprint density at radius 2 is 2.07 bits per heavy atom. The first-order valence-electron chi connectivity index (χ1n) is 10.1. The third kappa shape index (κ3) is 3.23. The van der Waals surface area contributed by atoms with Gasteiger partial charge in [0.15, 0.2) is 0 Å². The van der Waals surface area contributed by atoms with Crippen LogP contribution in [-0.4, -0.2) is 54.3 Å². The second kappa shape index (κ2) is 6.88. The van der Waals surface area contributed by atoms with E-state index < -0.39 is 0 Å². The van der Waals surface area contributed by atoms with E-state index in [4.69, 9.17) is 9.47 Å². The number of fused-ring (bicyclic) bond motifs is 1. The first-order chi connectivity index (χ1) is 13.3. The summed E-state index contributed by atoms with van der Waals surface area (Å²) in [6.45, 7) is 3.91. The molecule has 5 rings (SSSR count). The molecule has 1 aromatic carbocycles. The third-order valence-electron chi connectivity index (χ3n) is 6.34. The third-order valence-corrected chi connectivity index (χ3v) is 6.34. The fourth-order valence-electron chi connectivity index (χ4n) is 4.50. The molecule has 2 aliphatic heterocycles. The lowest BCUT2D eigenvalue weighted by Gasteiger charge is -2.50. The summed E-state index contributed by atoms with van der Waals surface area (Å²) in [5.74, 6) is 1.39. The van der Waals surface area contributed by atoms with Crippen LogP contribution in [0.25, 0.3) is 10.9 Å². The van der Waals surface area contributed by atoms with E-state index in [1.54, 1.807) is 6.20 Å². The zero-order chi connectivity index (χ0) is 18.3. The Morgan fingerprint density at radius 1 is 1.22 bits per heavy atom. The van der Waals surface area contributed by atoms with E-state index in [1.807, 2.05) is 35.2 Å². The summed E-state index contributed by atoms with van der Waals surface area (Å²) < 4.78 is 12.0. The van der Waals surface area contributed by atoms with Gasteiger partial charge in [0.2, 0.25) is 0 Å². The van der Waals surface area contributed by atoms with Gasteiger partial charge in [0.1, 0.15) is 5.60 Å². The monoisotopic (exact) mass is 366 g/mol. The number of hydrogen-bond donors (Lipinski definition) is 0. The highest BCUT2D eigenvalue weighted by molar-refractivity contribution is 6.06. The smallest absolute Gasteiger partial charge is 0.254 e. The molecule has 0 bridgehead atoms. The molecule has 2 aromatic rings. The van der Waals surface area contributed by atoms with Crippen molar-refractivity contribution in [3.8, 4) is 0 Å². The Morgan fingerprint density at radius 3 is 2.93 bits per heavy atom. The second-order valence-electron chi connectivity index (χ2n) is 8.24. The molecule has 1 saturated carbocycles. The number of carbonyl (C=O) groups is 1. The van der Waals surface area contributed by atoms with E-state index in [9.17, 15) is 4.79 Å². The number of benzene rings is 1. The largest absolute Gasteiger partial charge is 0.381 e. The van der Waals surface area contributed by atoms with Crippen molar-refractivity contribution < 1.29 is 14.3 Å². The van der Waals surface area contributed by atoms with Gasteiger partial charge in [0, 0.05) is 31.4 Å². The van der Waals surface area contributed by atoms with Gasteiger partial charge in [-0.05, 0) is 49.7 Å². The molecule has 0 radical (unpaired) electrons. The van der Waals surface area contributed by atoms with E-state index in [0.717, 1.165) is 55.0 Å². The van der Waals surface area contributed by atoms with Crippen molar-refractivity contribution in [1.29, 1.82) is 0 Å². The number of rotatable bonds is 6. The van der Waals surface area contributed by atoms with E-state index >= 15 is 0 Å². The summed E-state index contributed by atoms with van der Waals surface area (Å²) in [5.41, 5.74) is 1.45. The Hall–Kier alpha value is -1.98. The van der Waals surface area contributed by atoms with Crippen molar-refractivity contribution in [2.24, 2.45) is 11.8 Å². The number of nitrogens with zero attached hydrogens (tertiary/aromatic N) is 2. The van der Waals surface area contributed by atoms with Crippen LogP contribution in [0.1, 0.15) is 36.0 Å². The van der Waals surface area contributed by atoms with Gasteiger partial charge >= 0.3 is 0 Å². The highest BCUT2D eigenvalue weighted by atomic mass is 16.5.